The molecule has 0 atom stereocenters. The van der Waals surface area contributed by atoms with E-state index in [1.54, 1.807) is 6.07 Å². The van der Waals surface area contributed by atoms with E-state index in [1.807, 2.05) is 37.4 Å². The first-order valence-corrected chi connectivity index (χ1v) is 10.0. The maximum absolute atomic E-state index is 12.3. The van der Waals surface area contributed by atoms with Crippen LogP contribution in [0.1, 0.15) is 17.4 Å². The molecule has 0 fully saturated rings. The summed E-state index contributed by atoms with van der Waals surface area (Å²) >= 11 is 7.34. The fourth-order valence-electron chi connectivity index (χ4n) is 2.44. The van der Waals surface area contributed by atoms with Gasteiger partial charge in [-0.15, -0.1) is 11.3 Å². The van der Waals surface area contributed by atoms with Crippen LogP contribution >= 0.6 is 22.9 Å². The van der Waals surface area contributed by atoms with E-state index in [4.69, 9.17) is 11.6 Å². The van der Waals surface area contributed by atoms with Crippen LogP contribution in [0.3, 0.4) is 0 Å². The summed E-state index contributed by atoms with van der Waals surface area (Å²) < 4.78 is 27.6. The van der Waals surface area contributed by atoms with Gasteiger partial charge in [-0.1, -0.05) is 18.5 Å². The van der Waals surface area contributed by atoms with Crippen LogP contribution in [0.5, 0.6) is 0 Å². The Kier molecular flexibility index (Phi) is 4.77. The van der Waals surface area contributed by atoms with Gasteiger partial charge in [-0.25, -0.2) is 13.1 Å². The van der Waals surface area contributed by atoms with Crippen molar-refractivity contribution in [2.45, 2.75) is 24.0 Å². The Labute approximate surface area is 144 Å². The first kappa shape index (κ1) is 16.5. The number of H-pyrrole nitrogens is 1. The summed E-state index contributed by atoms with van der Waals surface area (Å²) in [6.45, 7) is 2.36. The van der Waals surface area contributed by atoms with Crippen LogP contribution in [0.25, 0.3) is 10.9 Å². The molecule has 0 aliphatic carbocycles. The lowest BCUT2D eigenvalue weighted by Gasteiger charge is -2.04. The van der Waals surface area contributed by atoms with Crippen molar-refractivity contribution >= 4 is 43.9 Å². The van der Waals surface area contributed by atoms with E-state index in [-0.39, 0.29) is 0 Å². The Morgan fingerprint density at radius 2 is 2.09 bits per heavy atom. The number of aryl methyl sites for hydroxylation is 1. The Balaban J connectivity index is 1.69. The van der Waals surface area contributed by atoms with Crippen LogP contribution in [0.15, 0.2) is 40.7 Å². The minimum absolute atomic E-state index is 0.348. The van der Waals surface area contributed by atoms with Crippen molar-refractivity contribution in [3.63, 3.8) is 0 Å². The number of aromatic amines is 1. The highest BCUT2D eigenvalue weighted by Crippen LogP contribution is 2.24. The molecule has 122 valence electrons. The standard InChI is InChI=1S/C16H17ClN2O2S2/c1-2-13-4-6-16(22-13)23(20,21)19-8-7-11-10-18-15-5-3-12(17)9-14(11)15/h3-6,9-10,18-19H,2,7-8H2,1H3. The van der Waals surface area contributed by atoms with Gasteiger partial charge in [-0.05, 0) is 48.7 Å². The summed E-state index contributed by atoms with van der Waals surface area (Å²) in [5, 5.41) is 1.70. The lowest BCUT2D eigenvalue weighted by Crippen LogP contribution is -2.25. The minimum Gasteiger partial charge on any atom is -0.361 e. The smallest absolute Gasteiger partial charge is 0.250 e. The van der Waals surface area contributed by atoms with Gasteiger partial charge in [-0.3, -0.25) is 0 Å². The number of nitrogens with one attached hydrogen (secondary N) is 2. The molecule has 23 heavy (non-hydrogen) atoms. The van der Waals surface area contributed by atoms with Gasteiger partial charge in [-0.2, -0.15) is 0 Å². The topological polar surface area (TPSA) is 62.0 Å². The third-order valence-electron chi connectivity index (χ3n) is 3.67. The Morgan fingerprint density at radius 3 is 2.83 bits per heavy atom. The van der Waals surface area contributed by atoms with Crippen molar-refractivity contribution in [2.75, 3.05) is 6.54 Å². The first-order chi connectivity index (χ1) is 11.0. The van der Waals surface area contributed by atoms with Crippen molar-refractivity contribution < 1.29 is 8.42 Å². The van der Waals surface area contributed by atoms with Gasteiger partial charge in [0.2, 0.25) is 10.0 Å². The van der Waals surface area contributed by atoms with Gasteiger partial charge in [0.05, 0.1) is 0 Å². The average Bonchev–Trinajstić information content (AvgIpc) is 3.14. The van der Waals surface area contributed by atoms with E-state index >= 15 is 0 Å². The summed E-state index contributed by atoms with van der Waals surface area (Å²) in [6, 6.07) is 9.17. The summed E-state index contributed by atoms with van der Waals surface area (Å²) in [6.07, 6.45) is 3.34. The maximum atomic E-state index is 12.3. The number of aromatic nitrogens is 1. The van der Waals surface area contributed by atoms with Gasteiger partial charge < -0.3 is 4.98 Å². The summed E-state index contributed by atoms with van der Waals surface area (Å²) in [5.74, 6) is 0. The number of sulfonamides is 1. The molecule has 7 heteroatoms. The average molecular weight is 369 g/mol. The van der Waals surface area contributed by atoms with Gasteiger partial charge >= 0.3 is 0 Å². The Bertz CT molecular complexity index is 929. The zero-order chi connectivity index (χ0) is 16.4. The molecule has 0 saturated heterocycles. The summed E-state index contributed by atoms with van der Waals surface area (Å²) in [7, 11) is -3.43. The summed E-state index contributed by atoms with van der Waals surface area (Å²) in [5.41, 5.74) is 2.05. The second kappa shape index (κ2) is 6.65. The SMILES string of the molecule is CCc1ccc(S(=O)(=O)NCCc2c[nH]c3ccc(Cl)cc23)s1. The zero-order valence-electron chi connectivity index (χ0n) is 12.6. The van der Waals surface area contributed by atoms with Crippen molar-refractivity contribution in [1.82, 2.24) is 9.71 Å². The maximum Gasteiger partial charge on any atom is 0.250 e. The van der Waals surface area contributed by atoms with Crippen molar-refractivity contribution in [1.29, 1.82) is 0 Å². The monoisotopic (exact) mass is 368 g/mol. The molecule has 0 unspecified atom stereocenters. The van der Waals surface area contributed by atoms with Crippen LogP contribution in [-0.4, -0.2) is 19.9 Å². The molecule has 0 aliphatic rings. The van der Waals surface area contributed by atoms with Gasteiger partial charge in [0.15, 0.2) is 0 Å². The predicted molar refractivity (Wildman–Crippen MR) is 95.9 cm³/mol. The van der Waals surface area contributed by atoms with E-state index in [9.17, 15) is 8.42 Å². The molecule has 0 radical (unpaired) electrons. The zero-order valence-corrected chi connectivity index (χ0v) is 15.0. The van der Waals surface area contributed by atoms with E-state index in [0.717, 1.165) is 27.8 Å². The quantitative estimate of drug-likeness (QED) is 0.691. The molecule has 0 bridgehead atoms. The molecule has 2 aromatic heterocycles. The van der Waals surface area contributed by atoms with Crippen LogP contribution in [0.2, 0.25) is 5.02 Å². The fraction of sp³-hybridized carbons (Fsp3) is 0.250. The Morgan fingerprint density at radius 1 is 1.26 bits per heavy atom. The first-order valence-electron chi connectivity index (χ1n) is 7.33. The molecular formula is C16H17ClN2O2S2. The predicted octanol–water partition coefficient (Wildman–Crippen LogP) is 3.97. The normalized spacial score (nSPS) is 12.1. The molecular weight excluding hydrogens is 352 g/mol. The molecule has 0 amide bonds. The number of fused-ring (bicyclic) bond motifs is 1. The van der Waals surface area contributed by atoms with Crippen molar-refractivity contribution in [2.24, 2.45) is 0 Å². The second-order valence-electron chi connectivity index (χ2n) is 5.23. The minimum atomic E-state index is -3.43. The fourth-order valence-corrected chi connectivity index (χ4v) is 4.99. The van der Waals surface area contributed by atoms with Gasteiger partial charge in [0, 0.05) is 33.5 Å². The molecule has 0 spiro atoms. The van der Waals surface area contributed by atoms with Crippen LogP contribution in [0, 0.1) is 0 Å². The molecule has 4 nitrogen and oxygen atoms in total. The number of rotatable bonds is 6. The molecule has 2 heterocycles. The van der Waals surface area contributed by atoms with E-state index in [0.29, 0.717) is 22.2 Å². The number of halogens is 1. The number of hydrogen-bond acceptors (Lipinski definition) is 3. The molecule has 2 N–H and O–H groups in total. The van der Waals surface area contributed by atoms with Crippen LogP contribution in [0.4, 0.5) is 0 Å². The second-order valence-corrected chi connectivity index (χ2v) is 8.82. The molecule has 0 saturated carbocycles. The van der Waals surface area contributed by atoms with E-state index < -0.39 is 10.0 Å². The highest BCUT2D eigenvalue weighted by Gasteiger charge is 2.16. The molecule has 3 rings (SSSR count). The number of thiophene rings is 1. The lowest BCUT2D eigenvalue weighted by molar-refractivity contribution is 0.584. The van der Waals surface area contributed by atoms with E-state index in [2.05, 4.69) is 9.71 Å². The van der Waals surface area contributed by atoms with Crippen LogP contribution in [-0.2, 0) is 22.9 Å². The molecule has 3 aromatic rings. The third-order valence-corrected chi connectivity index (χ3v) is 7.08. The largest absolute Gasteiger partial charge is 0.361 e. The third kappa shape index (κ3) is 3.61. The molecule has 0 aliphatic heterocycles. The van der Waals surface area contributed by atoms with Crippen LogP contribution < -0.4 is 4.72 Å². The van der Waals surface area contributed by atoms with Gasteiger partial charge in [0.25, 0.3) is 0 Å². The van der Waals surface area contributed by atoms with E-state index in [1.165, 1.54) is 11.3 Å². The Hall–Kier alpha value is -1.34. The number of benzene rings is 1. The highest BCUT2D eigenvalue weighted by molar-refractivity contribution is 7.91. The van der Waals surface area contributed by atoms with Crippen molar-refractivity contribution in [3.05, 3.63) is 52.0 Å². The highest BCUT2D eigenvalue weighted by atomic mass is 35.5. The number of hydrogen-bond donors (Lipinski definition) is 2. The van der Waals surface area contributed by atoms with Gasteiger partial charge in [0.1, 0.15) is 4.21 Å². The summed E-state index contributed by atoms with van der Waals surface area (Å²) in [4.78, 5) is 4.24. The molecule has 1 aromatic carbocycles. The van der Waals surface area contributed by atoms with Crippen molar-refractivity contribution in [3.8, 4) is 0 Å². The lowest BCUT2D eigenvalue weighted by atomic mass is 10.1.